The van der Waals surface area contributed by atoms with Gasteiger partial charge in [-0.3, -0.25) is 0 Å². The first-order chi connectivity index (χ1) is 10.7. The fraction of sp³-hybridized carbons (Fsp3) is 0.133. The van der Waals surface area contributed by atoms with Gasteiger partial charge in [-0.05, 0) is 25.1 Å². The highest BCUT2D eigenvalue weighted by Gasteiger charge is 2.11. The number of benzene rings is 1. The minimum absolute atomic E-state index is 0.163. The number of anilines is 2. The molecule has 0 spiro atoms. The zero-order valence-corrected chi connectivity index (χ0v) is 11.9. The van der Waals surface area contributed by atoms with Crippen LogP contribution in [0.1, 0.15) is 17.3 Å². The summed E-state index contributed by atoms with van der Waals surface area (Å²) in [7, 11) is 0. The Labute approximate surface area is 126 Å². The fourth-order valence-electron chi connectivity index (χ4n) is 2.07. The van der Waals surface area contributed by atoms with E-state index in [9.17, 15) is 9.90 Å². The van der Waals surface area contributed by atoms with Crippen LogP contribution in [-0.2, 0) is 0 Å². The van der Waals surface area contributed by atoms with Gasteiger partial charge in [-0.15, -0.1) is 5.10 Å². The Balaban J connectivity index is 1.93. The second kappa shape index (κ2) is 5.72. The van der Waals surface area contributed by atoms with Crippen LogP contribution in [-0.4, -0.2) is 32.3 Å². The number of fused-ring (bicyclic) bond motifs is 1. The largest absolute Gasteiger partial charge is 0.494 e. The maximum absolute atomic E-state index is 11.2. The Morgan fingerprint density at radius 3 is 2.95 bits per heavy atom. The summed E-state index contributed by atoms with van der Waals surface area (Å²) >= 11 is 0. The van der Waals surface area contributed by atoms with E-state index < -0.39 is 5.97 Å². The van der Waals surface area contributed by atoms with Crippen LogP contribution < -0.4 is 10.1 Å². The summed E-state index contributed by atoms with van der Waals surface area (Å²) in [6.45, 7) is 2.48. The predicted molar refractivity (Wildman–Crippen MR) is 80.8 cm³/mol. The number of para-hydroxylation sites is 1. The third-order valence-corrected chi connectivity index (χ3v) is 3.02. The van der Waals surface area contributed by atoms with Gasteiger partial charge in [0.2, 0.25) is 5.95 Å². The van der Waals surface area contributed by atoms with Gasteiger partial charge < -0.3 is 15.2 Å². The van der Waals surface area contributed by atoms with Crippen molar-refractivity contribution in [3.05, 3.63) is 48.2 Å². The molecule has 2 N–H and O–H groups in total. The molecule has 22 heavy (non-hydrogen) atoms. The van der Waals surface area contributed by atoms with Gasteiger partial charge in [0.05, 0.1) is 17.9 Å². The second-order valence-electron chi connectivity index (χ2n) is 4.51. The average molecular weight is 298 g/mol. The smallest absolute Gasteiger partial charge is 0.337 e. The number of rotatable bonds is 5. The number of aromatic carboxylic acids is 1. The number of carbonyl (C=O) groups is 1. The number of ether oxygens (including phenoxy) is 1. The molecule has 7 heteroatoms. The standard InChI is InChI=1S/C15H14N4O3/c1-2-22-10-7-8-19-13(9-10)17-15(18-19)16-12-6-4-3-5-11(12)14(20)21/h3-9H,2H2,1H3,(H,16,18)(H,20,21). The van der Waals surface area contributed by atoms with Crippen LogP contribution in [0.5, 0.6) is 5.75 Å². The Kier molecular flexibility index (Phi) is 3.61. The maximum Gasteiger partial charge on any atom is 0.337 e. The number of pyridine rings is 1. The molecule has 0 aliphatic carbocycles. The zero-order chi connectivity index (χ0) is 15.5. The van der Waals surface area contributed by atoms with E-state index in [2.05, 4.69) is 15.4 Å². The van der Waals surface area contributed by atoms with Gasteiger partial charge in [0.1, 0.15) is 5.75 Å². The van der Waals surface area contributed by atoms with E-state index in [1.807, 2.05) is 6.92 Å². The van der Waals surface area contributed by atoms with Crippen molar-refractivity contribution in [2.24, 2.45) is 0 Å². The lowest BCUT2D eigenvalue weighted by molar-refractivity contribution is 0.0698. The van der Waals surface area contributed by atoms with E-state index in [1.165, 1.54) is 6.07 Å². The van der Waals surface area contributed by atoms with Gasteiger partial charge in [0.25, 0.3) is 0 Å². The molecule has 0 aliphatic rings. The molecule has 0 radical (unpaired) electrons. The highest BCUT2D eigenvalue weighted by atomic mass is 16.5. The lowest BCUT2D eigenvalue weighted by Crippen LogP contribution is -2.03. The van der Waals surface area contributed by atoms with Gasteiger partial charge in [-0.25, -0.2) is 9.31 Å². The Hall–Kier alpha value is -3.09. The first-order valence-corrected chi connectivity index (χ1v) is 6.76. The minimum atomic E-state index is -1.01. The van der Waals surface area contributed by atoms with Crippen molar-refractivity contribution < 1.29 is 14.6 Å². The quantitative estimate of drug-likeness (QED) is 0.752. The molecule has 2 aromatic heterocycles. The molecule has 0 unspecified atom stereocenters. The van der Waals surface area contributed by atoms with E-state index in [0.717, 1.165) is 0 Å². The number of nitrogens with zero attached hydrogens (tertiary/aromatic N) is 3. The number of hydrogen-bond acceptors (Lipinski definition) is 5. The van der Waals surface area contributed by atoms with Gasteiger partial charge >= 0.3 is 5.97 Å². The summed E-state index contributed by atoms with van der Waals surface area (Å²) in [5, 5.41) is 16.4. The molecule has 2 heterocycles. The van der Waals surface area contributed by atoms with Gasteiger partial charge in [-0.1, -0.05) is 12.1 Å². The number of carboxylic acids is 1. The lowest BCUT2D eigenvalue weighted by atomic mass is 10.2. The molecule has 0 aliphatic heterocycles. The summed E-state index contributed by atoms with van der Waals surface area (Å²) < 4.78 is 7.00. The number of nitrogens with one attached hydrogen (secondary N) is 1. The lowest BCUT2D eigenvalue weighted by Gasteiger charge is -2.04. The van der Waals surface area contributed by atoms with Crippen LogP contribution >= 0.6 is 0 Å². The fourth-order valence-corrected chi connectivity index (χ4v) is 2.07. The summed E-state index contributed by atoms with van der Waals surface area (Å²) in [5.74, 6) is 0.0210. The Morgan fingerprint density at radius 2 is 2.18 bits per heavy atom. The van der Waals surface area contributed by atoms with E-state index in [4.69, 9.17) is 4.74 Å². The first-order valence-electron chi connectivity index (χ1n) is 6.76. The van der Waals surface area contributed by atoms with Crippen LogP contribution in [0, 0.1) is 0 Å². The molecule has 112 valence electrons. The van der Waals surface area contributed by atoms with E-state index >= 15 is 0 Å². The molecule has 3 aromatic rings. The first kappa shape index (κ1) is 13.9. The van der Waals surface area contributed by atoms with Crippen LogP contribution in [0.25, 0.3) is 5.65 Å². The molecule has 0 saturated heterocycles. The van der Waals surface area contributed by atoms with E-state index in [0.29, 0.717) is 29.6 Å². The van der Waals surface area contributed by atoms with Crippen molar-refractivity contribution in [3.8, 4) is 5.75 Å². The molecule has 0 bridgehead atoms. The summed E-state index contributed by atoms with van der Waals surface area (Å²) in [6, 6.07) is 10.2. The van der Waals surface area contributed by atoms with E-state index in [-0.39, 0.29) is 5.56 Å². The molecule has 3 rings (SSSR count). The second-order valence-corrected chi connectivity index (χ2v) is 4.51. The van der Waals surface area contributed by atoms with Gasteiger partial charge in [0.15, 0.2) is 5.65 Å². The van der Waals surface area contributed by atoms with Crippen LogP contribution in [0.4, 0.5) is 11.6 Å². The SMILES string of the molecule is CCOc1ccn2nc(Nc3ccccc3C(=O)O)nc2c1. The van der Waals surface area contributed by atoms with Crippen molar-refractivity contribution in [1.82, 2.24) is 14.6 Å². The summed E-state index contributed by atoms with van der Waals surface area (Å²) in [5.41, 5.74) is 1.22. The van der Waals surface area contributed by atoms with Crippen molar-refractivity contribution in [1.29, 1.82) is 0 Å². The molecule has 0 amide bonds. The third-order valence-electron chi connectivity index (χ3n) is 3.02. The molecular formula is C15H14N4O3. The highest BCUT2D eigenvalue weighted by molar-refractivity contribution is 5.94. The van der Waals surface area contributed by atoms with Crippen molar-refractivity contribution in [3.63, 3.8) is 0 Å². The molecule has 0 saturated carbocycles. The predicted octanol–water partition coefficient (Wildman–Crippen LogP) is 2.57. The Morgan fingerprint density at radius 1 is 1.36 bits per heavy atom. The van der Waals surface area contributed by atoms with E-state index in [1.54, 1.807) is 41.0 Å². The van der Waals surface area contributed by atoms with Gasteiger partial charge in [-0.2, -0.15) is 4.98 Å². The highest BCUT2D eigenvalue weighted by Crippen LogP contribution is 2.20. The molecule has 0 fully saturated rings. The normalized spacial score (nSPS) is 10.6. The number of aromatic nitrogens is 3. The molecule has 7 nitrogen and oxygen atoms in total. The molecule has 0 atom stereocenters. The topological polar surface area (TPSA) is 88.8 Å². The van der Waals surface area contributed by atoms with Crippen molar-refractivity contribution in [2.75, 3.05) is 11.9 Å². The average Bonchev–Trinajstić information content (AvgIpc) is 2.89. The minimum Gasteiger partial charge on any atom is -0.494 e. The number of carboxylic acid groups (broad SMARTS) is 1. The van der Waals surface area contributed by atoms with Crippen molar-refractivity contribution in [2.45, 2.75) is 6.92 Å². The molecule has 1 aromatic carbocycles. The third kappa shape index (κ3) is 2.69. The zero-order valence-electron chi connectivity index (χ0n) is 11.9. The maximum atomic E-state index is 11.2. The number of hydrogen-bond donors (Lipinski definition) is 2. The van der Waals surface area contributed by atoms with Crippen LogP contribution in [0.15, 0.2) is 42.6 Å². The monoisotopic (exact) mass is 298 g/mol. The molecular weight excluding hydrogens is 284 g/mol. The summed E-state index contributed by atoms with van der Waals surface area (Å²) in [6.07, 6.45) is 1.74. The summed E-state index contributed by atoms with van der Waals surface area (Å²) in [4.78, 5) is 15.5. The Bertz CT molecular complexity index is 829. The van der Waals surface area contributed by atoms with Crippen molar-refractivity contribution >= 4 is 23.3 Å². The van der Waals surface area contributed by atoms with Crippen LogP contribution in [0.2, 0.25) is 0 Å². The van der Waals surface area contributed by atoms with Gasteiger partial charge in [0, 0.05) is 12.3 Å². The van der Waals surface area contributed by atoms with Crippen LogP contribution in [0.3, 0.4) is 0 Å².